The number of hydrogen-bond acceptors (Lipinski definition) is 1. The highest BCUT2D eigenvalue weighted by molar-refractivity contribution is 5.17. The maximum atomic E-state index is 9.45. The van der Waals surface area contributed by atoms with Crippen LogP contribution in [0.2, 0.25) is 0 Å². The fraction of sp³-hybridized carbons (Fsp3) is 0.263. The molecule has 0 bridgehead atoms. The molecular formula is C19H22O. The first-order chi connectivity index (χ1) is 9.88. The zero-order valence-corrected chi connectivity index (χ0v) is 11.8. The lowest BCUT2D eigenvalue weighted by Gasteiger charge is -2.09. The zero-order valence-electron chi connectivity index (χ0n) is 11.8. The second kappa shape index (κ2) is 8.34. The van der Waals surface area contributed by atoms with Gasteiger partial charge in [0.05, 0.1) is 0 Å². The Kier molecular flexibility index (Phi) is 6.07. The number of aliphatic hydroxyl groups is 1. The van der Waals surface area contributed by atoms with Gasteiger partial charge in [-0.2, -0.15) is 0 Å². The van der Waals surface area contributed by atoms with Gasteiger partial charge in [-0.05, 0) is 30.4 Å². The third kappa shape index (κ3) is 5.02. The van der Waals surface area contributed by atoms with Crippen molar-refractivity contribution in [3.63, 3.8) is 0 Å². The molecule has 0 aliphatic carbocycles. The molecule has 0 amide bonds. The lowest BCUT2D eigenvalue weighted by molar-refractivity contribution is 0.252. The number of allylic oxidation sites excluding steroid dienone is 1. The second-order valence-electron chi connectivity index (χ2n) is 5.08. The first-order valence-electron chi connectivity index (χ1n) is 7.24. The van der Waals surface area contributed by atoms with Crippen molar-refractivity contribution in [2.75, 3.05) is 6.61 Å². The maximum Gasteiger partial charge on any atom is 0.0496 e. The minimum atomic E-state index is 0.205. The summed E-state index contributed by atoms with van der Waals surface area (Å²) >= 11 is 0. The molecule has 1 N–H and O–H groups in total. The summed E-state index contributed by atoms with van der Waals surface area (Å²) in [5.74, 6) is 0.216. The van der Waals surface area contributed by atoms with Crippen LogP contribution < -0.4 is 0 Å². The molecule has 0 saturated heterocycles. The Morgan fingerprint density at radius 3 is 2.05 bits per heavy atom. The SMILES string of the molecule is OC[C@H](/C=C/CCc1ccccc1)Cc1ccccc1. The van der Waals surface area contributed by atoms with Crippen LogP contribution in [-0.4, -0.2) is 11.7 Å². The van der Waals surface area contributed by atoms with E-state index in [-0.39, 0.29) is 12.5 Å². The molecule has 0 radical (unpaired) electrons. The van der Waals surface area contributed by atoms with Crippen LogP contribution in [0.4, 0.5) is 0 Å². The summed E-state index contributed by atoms with van der Waals surface area (Å²) in [5.41, 5.74) is 2.64. The summed E-state index contributed by atoms with van der Waals surface area (Å²) in [4.78, 5) is 0. The molecule has 0 aromatic heterocycles. The molecule has 0 fully saturated rings. The summed E-state index contributed by atoms with van der Waals surface area (Å²) in [6.07, 6.45) is 7.32. The minimum Gasteiger partial charge on any atom is -0.396 e. The summed E-state index contributed by atoms with van der Waals surface area (Å²) in [7, 11) is 0. The number of aliphatic hydroxyl groups excluding tert-OH is 1. The molecule has 0 aliphatic heterocycles. The predicted molar refractivity (Wildman–Crippen MR) is 84.6 cm³/mol. The van der Waals surface area contributed by atoms with E-state index in [1.165, 1.54) is 11.1 Å². The molecule has 2 aromatic carbocycles. The van der Waals surface area contributed by atoms with E-state index in [1.54, 1.807) is 0 Å². The lowest BCUT2D eigenvalue weighted by Crippen LogP contribution is -2.06. The highest BCUT2D eigenvalue weighted by Gasteiger charge is 2.03. The van der Waals surface area contributed by atoms with Crippen LogP contribution in [0.1, 0.15) is 17.5 Å². The summed E-state index contributed by atoms with van der Waals surface area (Å²) in [6.45, 7) is 0.205. The monoisotopic (exact) mass is 266 g/mol. The highest BCUT2D eigenvalue weighted by atomic mass is 16.3. The molecule has 0 heterocycles. The molecule has 104 valence electrons. The Morgan fingerprint density at radius 1 is 0.850 bits per heavy atom. The predicted octanol–water partition coefficient (Wildman–Crippen LogP) is 4.03. The third-order valence-electron chi connectivity index (χ3n) is 3.43. The molecule has 1 nitrogen and oxygen atoms in total. The van der Waals surface area contributed by atoms with Gasteiger partial charge in [-0.25, -0.2) is 0 Å². The number of benzene rings is 2. The molecule has 1 atom stereocenters. The van der Waals surface area contributed by atoms with Crippen LogP contribution in [0.3, 0.4) is 0 Å². The number of aryl methyl sites for hydroxylation is 1. The van der Waals surface area contributed by atoms with E-state index in [2.05, 4.69) is 48.6 Å². The molecule has 0 aliphatic rings. The molecular weight excluding hydrogens is 244 g/mol. The Hall–Kier alpha value is -1.86. The zero-order chi connectivity index (χ0) is 14.0. The quantitative estimate of drug-likeness (QED) is 0.750. The van der Waals surface area contributed by atoms with Gasteiger partial charge in [-0.15, -0.1) is 0 Å². The van der Waals surface area contributed by atoms with Crippen LogP contribution in [0.15, 0.2) is 72.8 Å². The van der Waals surface area contributed by atoms with E-state index in [0.717, 1.165) is 19.3 Å². The molecule has 2 rings (SSSR count). The summed E-state index contributed by atoms with van der Waals surface area (Å²) in [6, 6.07) is 20.8. The molecule has 2 aromatic rings. The number of hydrogen-bond donors (Lipinski definition) is 1. The van der Waals surface area contributed by atoms with Crippen LogP contribution in [0.25, 0.3) is 0 Å². The van der Waals surface area contributed by atoms with Crippen molar-refractivity contribution in [1.29, 1.82) is 0 Å². The lowest BCUT2D eigenvalue weighted by atomic mass is 9.99. The van der Waals surface area contributed by atoms with E-state index in [4.69, 9.17) is 0 Å². The normalized spacial score (nSPS) is 12.7. The smallest absolute Gasteiger partial charge is 0.0496 e. The topological polar surface area (TPSA) is 20.2 Å². The highest BCUT2D eigenvalue weighted by Crippen LogP contribution is 2.11. The Labute approximate surface area is 121 Å². The van der Waals surface area contributed by atoms with Gasteiger partial charge in [0.25, 0.3) is 0 Å². The fourth-order valence-corrected chi connectivity index (χ4v) is 2.29. The van der Waals surface area contributed by atoms with E-state index in [0.29, 0.717) is 0 Å². The van der Waals surface area contributed by atoms with Crippen molar-refractivity contribution in [3.8, 4) is 0 Å². The van der Waals surface area contributed by atoms with E-state index in [9.17, 15) is 5.11 Å². The largest absolute Gasteiger partial charge is 0.396 e. The molecule has 0 unspecified atom stereocenters. The Balaban J connectivity index is 1.79. The van der Waals surface area contributed by atoms with Gasteiger partial charge < -0.3 is 5.11 Å². The second-order valence-corrected chi connectivity index (χ2v) is 5.08. The molecule has 0 saturated carbocycles. The van der Waals surface area contributed by atoms with Crippen LogP contribution in [0, 0.1) is 5.92 Å². The van der Waals surface area contributed by atoms with Gasteiger partial charge in [0.1, 0.15) is 0 Å². The van der Waals surface area contributed by atoms with Crippen LogP contribution in [0.5, 0.6) is 0 Å². The van der Waals surface area contributed by atoms with Gasteiger partial charge in [-0.3, -0.25) is 0 Å². The number of rotatable bonds is 7. The average molecular weight is 266 g/mol. The first-order valence-corrected chi connectivity index (χ1v) is 7.24. The fourth-order valence-electron chi connectivity index (χ4n) is 2.29. The molecule has 20 heavy (non-hydrogen) atoms. The van der Waals surface area contributed by atoms with Crippen molar-refractivity contribution in [2.45, 2.75) is 19.3 Å². The summed E-state index contributed by atoms with van der Waals surface area (Å²) < 4.78 is 0. The van der Waals surface area contributed by atoms with Gasteiger partial charge in [-0.1, -0.05) is 72.8 Å². The van der Waals surface area contributed by atoms with Crippen molar-refractivity contribution in [2.24, 2.45) is 5.92 Å². The minimum absolute atomic E-state index is 0.205. The molecule has 1 heteroatoms. The van der Waals surface area contributed by atoms with Crippen LogP contribution >= 0.6 is 0 Å². The van der Waals surface area contributed by atoms with Gasteiger partial charge >= 0.3 is 0 Å². The first kappa shape index (κ1) is 14.5. The van der Waals surface area contributed by atoms with Crippen molar-refractivity contribution < 1.29 is 5.11 Å². The Bertz CT molecular complexity index is 502. The summed E-state index contributed by atoms with van der Waals surface area (Å²) in [5, 5.41) is 9.45. The maximum absolute atomic E-state index is 9.45. The standard InChI is InChI=1S/C19H22O/c20-16-19(15-18-12-5-2-6-13-18)14-8-7-11-17-9-3-1-4-10-17/h1-6,8-10,12-14,19-20H,7,11,15-16H2/b14-8+/t19-/m1/s1. The average Bonchev–Trinajstić information content (AvgIpc) is 2.52. The van der Waals surface area contributed by atoms with E-state index < -0.39 is 0 Å². The molecule has 0 spiro atoms. The van der Waals surface area contributed by atoms with E-state index >= 15 is 0 Å². The van der Waals surface area contributed by atoms with Gasteiger partial charge in [0, 0.05) is 12.5 Å². The van der Waals surface area contributed by atoms with Crippen molar-refractivity contribution >= 4 is 0 Å². The van der Waals surface area contributed by atoms with Gasteiger partial charge in [0.15, 0.2) is 0 Å². The van der Waals surface area contributed by atoms with Crippen molar-refractivity contribution in [1.82, 2.24) is 0 Å². The van der Waals surface area contributed by atoms with Crippen LogP contribution in [-0.2, 0) is 12.8 Å². The van der Waals surface area contributed by atoms with Crippen molar-refractivity contribution in [3.05, 3.63) is 83.9 Å². The van der Waals surface area contributed by atoms with E-state index in [1.807, 2.05) is 24.3 Å². The van der Waals surface area contributed by atoms with Gasteiger partial charge in [0.2, 0.25) is 0 Å². The Morgan fingerprint density at radius 2 is 1.45 bits per heavy atom. The third-order valence-corrected chi connectivity index (χ3v) is 3.43.